The van der Waals surface area contributed by atoms with Crippen LogP contribution < -0.4 is 15.5 Å². The molecule has 0 aliphatic carbocycles. The highest BCUT2D eigenvalue weighted by atomic mass is 16.2. The third kappa shape index (κ3) is 3.00. The summed E-state index contributed by atoms with van der Waals surface area (Å²) in [4.78, 5) is 22.9. The summed E-state index contributed by atoms with van der Waals surface area (Å²) in [5.41, 5.74) is -0.344. The minimum Gasteiger partial charge on any atom is -0.369 e. The van der Waals surface area contributed by atoms with Gasteiger partial charge in [-0.25, -0.2) is 4.98 Å². The van der Waals surface area contributed by atoms with E-state index in [1.165, 1.54) is 0 Å². The molecular formula is C14H23N5O. The Bertz CT molecular complexity index is 478. The average Bonchev–Trinajstić information content (AvgIpc) is 2.88. The Labute approximate surface area is 120 Å². The van der Waals surface area contributed by atoms with Crippen molar-refractivity contribution in [3.05, 3.63) is 12.4 Å². The van der Waals surface area contributed by atoms with E-state index in [2.05, 4.69) is 32.4 Å². The van der Waals surface area contributed by atoms with Crippen LogP contribution >= 0.6 is 0 Å². The third-order valence-electron chi connectivity index (χ3n) is 3.75. The van der Waals surface area contributed by atoms with Crippen LogP contribution in [0.3, 0.4) is 0 Å². The predicted molar refractivity (Wildman–Crippen MR) is 79.8 cm³/mol. The highest BCUT2D eigenvalue weighted by Gasteiger charge is 2.40. The Morgan fingerprint density at radius 2 is 2.30 bits per heavy atom. The predicted octanol–water partition coefficient (Wildman–Crippen LogP) is 1.26. The van der Waals surface area contributed by atoms with Gasteiger partial charge in [0.1, 0.15) is 11.6 Å². The average molecular weight is 277 g/mol. The van der Waals surface area contributed by atoms with Crippen molar-refractivity contribution in [3.8, 4) is 0 Å². The molecule has 1 unspecified atom stereocenters. The van der Waals surface area contributed by atoms with E-state index in [0.717, 1.165) is 37.6 Å². The van der Waals surface area contributed by atoms with Gasteiger partial charge >= 0.3 is 0 Å². The summed E-state index contributed by atoms with van der Waals surface area (Å²) < 4.78 is 0. The highest BCUT2D eigenvalue weighted by molar-refractivity contribution is 5.83. The summed E-state index contributed by atoms with van der Waals surface area (Å²) in [7, 11) is 1.69. The number of nitrogens with one attached hydrogen (secondary N) is 2. The molecule has 1 aliphatic heterocycles. The number of amides is 1. The van der Waals surface area contributed by atoms with Crippen LogP contribution in [0.1, 0.15) is 26.7 Å². The lowest BCUT2D eigenvalue weighted by molar-refractivity contribution is -0.128. The molecule has 1 aromatic rings. The molecule has 0 bridgehead atoms. The van der Waals surface area contributed by atoms with Crippen LogP contribution in [0.4, 0.5) is 11.6 Å². The Hall–Kier alpha value is -1.85. The van der Waals surface area contributed by atoms with E-state index < -0.39 is 0 Å². The van der Waals surface area contributed by atoms with Gasteiger partial charge in [0.05, 0.1) is 17.8 Å². The number of anilines is 2. The topological polar surface area (TPSA) is 70.2 Å². The van der Waals surface area contributed by atoms with Gasteiger partial charge in [-0.3, -0.25) is 9.78 Å². The van der Waals surface area contributed by atoms with Crippen molar-refractivity contribution >= 4 is 17.5 Å². The van der Waals surface area contributed by atoms with Crippen LogP contribution in [-0.2, 0) is 4.79 Å². The van der Waals surface area contributed by atoms with Crippen LogP contribution in [0.5, 0.6) is 0 Å². The molecule has 6 nitrogen and oxygen atoms in total. The molecule has 1 aliphatic rings. The number of hydrogen-bond donors (Lipinski definition) is 2. The van der Waals surface area contributed by atoms with E-state index in [1.54, 1.807) is 19.4 Å². The van der Waals surface area contributed by atoms with Crippen molar-refractivity contribution in [2.45, 2.75) is 26.7 Å². The van der Waals surface area contributed by atoms with E-state index >= 15 is 0 Å². The van der Waals surface area contributed by atoms with Gasteiger partial charge in [-0.05, 0) is 19.8 Å². The summed E-state index contributed by atoms with van der Waals surface area (Å²) >= 11 is 0. The molecule has 0 radical (unpaired) electrons. The van der Waals surface area contributed by atoms with Gasteiger partial charge in [0.15, 0.2) is 0 Å². The largest absolute Gasteiger partial charge is 0.369 e. The monoisotopic (exact) mass is 277 g/mol. The molecule has 0 saturated carbocycles. The van der Waals surface area contributed by atoms with Gasteiger partial charge < -0.3 is 15.5 Å². The van der Waals surface area contributed by atoms with E-state index in [-0.39, 0.29) is 11.3 Å². The molecule has 1 aromatic heterocycles. The van der Waals surface area contributed by atoms with Gasteiger partial charge in [-0.1, -0.05) is 6.92 Å². The number of hydrogen-bond acceptors (Lipinski definition) is 5. The fourth-order valence-electron chi connectivity index (χ4n) is 2.49. The number of carbonyl (C=O) groups excluding carboxylic acids is 1. The highest BCUT2D eigenvalue weighted by Crippen LogP contribution is 2.32. The molecule has 110 valence electrons. The van der Waals surface area contributed by atoms with Crippen LogP contribution in [0.15, 0.2) is 12.4 Å². The van der Waals surface area contributed by atoms with Crippen molar-refractivity contribution in [3.63, 3.8) is 0 Å². The van der Waals surface area contributed by atoms with E-state index in [9.17, 15) is 4.79 Å². The Morgan fingerprint density at radius 1 is 1.50 bits per heavy atom. The zero-order valence-electron chi connectivity index (χ0n) is 12.4. The van der Waals surface area contributed by atoms with Crippen molar-refractivity contribution in [2.24, 2.45) is 5.41 Å². The van der Waals surface area contributed by atoms with Gasteiger partial charge in [0.2, 0.25) is 5.91 Å². The second-order valence-electron chi connectivity index (χ2n) is 5.50. The maximum Gasteiger partial charge on any atom is 0.227 e. The number of nitrogens with zero attached hydrogens (tertiary/aromatic N) is 3. The Balaban J connectivity index is 2.08. The Morgan fingerprint density at radius 3 is 3.00 bits per heavy atom. The zero-order valence-corrected chi connectivity index (χ0v) is 12.4. The van der Waals surface area contributed by atoms with Gasteiger partial charge in [-0.15, -0.1) is 0 Å². The maximum absolute atomic E-state index is 11.9. The lowest BCUT2D eigenvalue weighted by Gasteiger charge is -2.23. The fourth-order valence-corrected chi connectivity index (χ4v) is 2.49. The lowest BCUT2D eigenvalue weighted by Crippen LogP contribution is -2.39. The van der Waals surface area contributed by atoms with E-state index in [4.69, 9.17) is 0 Å². The minimum atomic E-state index is -0.344. The molecule has 0 spiro atoms. The summed E-state index contributed by atoms with van der Waals surface area (Å²) in [5, 5.41) is 5.98. The van der Waals surface area contributed by atoms with Crippen LogP contribution in [0.2, 0.25) is 0 Å². The number of carbonyl (C=O) groups is 1. The van der Waals surface area contributed by atoms with Crippen molar-refractivity contribution in [1.82, 2.24) is 15.3 Å². The molecule has 1 fully saturated rings. The number of aromatic nitrogens is 2. The number of rotatable bonds is 5. The molecule has 6 heteroatoms. The molecular weight excluding hydrogens is 254 g/mol. The molecule has 20 heavy (non-hydrogen) atoms. The summed E-state index contributed by atoms with van der Waals surface area (Å²) in [6, 6.07) is 0. The van der Waals surface area contributed by atoms with Crippen molar-refractivity contribution in [1.29, 1.82) is 0 Å². The first-order chi connectivity index (χ1) is 9.59. The zero-order chi connectivity index (χ0) is 14.6. The quantitative estimate of drug-likeness (QED) is 0.848. The molecule has 1 saturated heterocycles. The van der Waals surface area contributed by atoms with Crippen molar-refractivity contribution in [2.75, 3.05) is 36.9 Å². The van der Waals surface area contributed by atoms with E-state index in [1.807, 2.05) is 6.92 Å². The van der Waals surface area contributed by atoms with E-state index in [0.29, 0.717) is 6.54 Å². The van der Waals surface area contributed by atoms with Crippen LogP contribution in [0, 0.1) is 5.41 Å². The first-order valence-corrected chi connectivity index (χ1v) is 7.12. The lowest BCUT2D eigenvalue weighted by atomic mass is 9.89. The van der Waals surface area contributed by atoms with Crippen LogP contribution in [0.25, 0.3) is 0 Å². The maximum atomic E-state index is 11.9. The molecule has 2 heterocycles. The minimum absolute atomic E-state index is 0.0909. The standard InChI is InChI=1S/C14H23N5O/c1-4-6-17-11-8-16-9-12(18-11)19-7-5-14(2,10-19)13(20)15-3/h8-9H,4-7,10H2,1-3H3,(H,15,20)(H,17,18). The molecule has 2 rings (SSSR count). The van der Waals surface area contributed by atoms with Crippen LogP contribution in [-0.4, -0.2) is 42.6 Å². The van der Waals surface area contributed by atoms with Gasteiger partial charge in [0, 0.05) is 26.7 Å². The third-order valence-corrected chi connectivity index (χ3v) is 3.75. The molecule has 1 amide bonds. The first-order valence-electron chi connectivity index (χ1n) is 7.12. The summed E-state index contributed by atoms with van der Waals surface area (Å²) in [6.45, 7) is 6.50. The fraction of sp³-hybridized carbons (Fsp3) is 0.643. The second kappa shape index (κ2) is 6.07. The SMILES string of the molecule is CCCNc1cncc(N2CCC(C)(C(=O)NC)C2)n1. The second-order valence-corrected chi connectivity index (χ2v) is 5.50. The summed E-state index contributed by atoms with van der Waals surface area (Å²) in [5.74, 6) is 1.71. The van der Waals surface area contributed by atoms with Crippen molar-refractivity contribution < 1.29 is 4.79 Å². The molecule has 0 aromatic carbocycles. The smallest absolute Gasteiger partial charge is 0.227 e. The molecule has 2 N–H and O–H groups in total. The normalized spacial score (nSPS) is 21.9. The summed E-state index contributed by atoms with van der Waals surface area (Å²) in [6.07, 6.45) is 5.37. The van der Waals surface area contributed by atoms with Gasteiger partial charge in [0.25, 0.3) is 0 Å². The molecule has 1 atom stereocenters. The Kier molecular flexibility index (Phi) is 4.42. The van der Waals surface area contributed by atoms with Gasteiger partial charge in [-0.2, -0.15) is 0 Å². The first kappa shape index (κ1) is 14.6.